The molecule has 4 nitrogen and oxygen atoms in total. The number of nitrogens with zero attached hydrogens (tertiary/aromatic N) is 2. The molecule has 0 saturated heterocycles. The first-order valence-electron chi connectivity index (χ1n) is 4.44. The third-order valence-electron chi connectivity index (χ3n) is 2.22. The molecule has 78 valence electrons. The Hall–Kier alpha value is -1.55. The van der Waals surface area contributed by atoms with E-state index in [0.717, 1.165) is 11.2 Å². The van der Waals surface area contributed by atoms with E-state index in [1.165, 1.54) is 0 Å². The summed E-state index contributed by atoms with van der Waals surface area (Å²) in [4.78, 5) is 14.7. The molecule has 0 fully saturated rings. The van der Waals surface area contributed by atoms with Gasteiger partial charge >= 0.3 is 5.97 Å². The zero-order chi connectivity index (χ0) is 11.0. The van der Waals surface area contributed by atoms with E-state index < -0.39 is 5.97 Å². The molecule has 0 unspecified atom stereocenters. The molecule has 2 heterocycles. The van der Waals surface area contributed by atoms with Gasteiger partial charge in [-0.2, -0.15) is 0 Å². The van der Waals surface area contributed by atoms with Gasteiger partial charge in [0, 0.05) is 5.69 Å². The van der Waals surface area contributed by atoms with Gasteiger partial charge in [0.2, 0.25) is 5.28 Å². The van der Waals surface area contributed by atoms with Gasteiger partial charge in [-0.3, -0.25) is 9.20 Å². The summed E-state index contributed by atoms with van der Waals surface area (Å²) in [5.41, 5.74) is 2.27. The average Bonchev–Trinajstić information content (AvgIpc) is 2.43. The van der Waals surface area contributed by atoms with Crippen LogP contribution < -0.4 is 0 Å². The summed E-state index contributed by atoms with van der Waals surface area (Å²) < 4.78 is 1.66. The molecule has 0 aliphatic carbocycles. The Kier molecular flexibility index (Phi) is 2.36. The summed E-state index contributed by atoms with van der Waals surface area (Å²) in [6, 6.07) is 5.40. The van der Waals surface area contributed by atoms with E-state index in [1.54, 1.807) is 16.5 Å². The van der Waals surface area contributed by atoms with Gasteiger partial charge in [0.25, 0.3) is 0 Å². The van der Waals surface area contributed by atoms with E-state index in [-0.39, 0.29) is 6.42 Å². The van der Waals surface area contributed by atoms with Crippen molar-refractivity contribution in [3.8, 4) is 0 Å². The van der Waals surface area contributed by atoms with Crippen molar-refractivity contribution in [3.63, 3.8) is 0 Å². The standard InChI is InChI=1S/C10H9ClN2O2/c1-6-8-4-2-3-7(5-9(14)15)13(8)10(11)12-6/h2-4H,5H2,1H3,(H,14,15). The van der Waals surface area contributed by atoms with Crippen LogP contribution in [0, 0.1) is 6.92 Å². The molecular formula is C10H9ClN2O2. The number of aromatic nitrogens is 2. The van der Waals surface area contributed by atoms with Crippen molar-refractivity contribution in [2.45, 2.75) is 13.3 Å². The number of carbonyl (C=O) groups is 1. The summed E-state index contributed by atoms with van der Waals surface area (Å²) in [5, 5.41) is 9.05. The number of imidazole rings is 1. The summed E-state index contributed by atoms with van der Waals surface area (Å²) in [6.07, 6.45) is -0.0626. The summed E-state index contributed by atoms with van der Waals surface area (Å²) >= 11 is 5.93. The molecule has 0 aromatic carbocycles. The second-order valence-electron chi connectivity index (χ2n) is 3.27. The Morgan fingerprint density at radius 3 is 3.00 bits per heavy atom. The maximum Gasteiger partial charge on any atom is 0.309 e. The maximum absolute atomic E-state index is 10.7. The highest BCUT2D eigenvalue weighted by atomic mass is 35.5. The number of fused-ring (bicyclic) bond motifs is 1. The molecule has 0 aliphatic rings. The summed E-state index contributed by atoms with van der Waals surface area (Å²) in [5.74, 6) is -0.884. The third kappa shape index (κ3) is 1.68. The van der Waals surface area contributed by atoms with E-state index in [9.17, 15) is 4.79 Å². The van der Waals surface area contributed by atoms with E-state index >= 15 is 0 Å². The van der Waals surface area contributed by atoms with Gasteiger partial charge in [0.15, 0.2) is 0 Å². The Bertz CT molecular complexity index is 533. The van der Waals surface area contributed by atoms with Crippen LogP contribution in [0.15, 0.2) is 18.2 Å². The van der Waals surface area contributed by atoms with Gasteiger partial charge in [-0.05, 0) is 30.7 Å². The first-order valence-corrected chi connectivity index (χ1v) is 4.81. The van der Waals surface area contributed by atoms with E-state index in [1.807, 2.05) is 13.0 Å². The van der Waals surface area contributed by atoms with Crippen LogP contribution in [-0.2, 0) is 11.2 Å². The maximum atomic E-state index is 10.7. The number of halogens is 1. The fourth-order valence-electron chi connectivity index (χ4n) is 1.59. The third-order valence-corrected chi connectivity index (χ3v) is 2.47. The number of aliphatic carboxylic acids is 1. The van der Waals surface area contributed by atoms with Crippen LogP contribution in [0.4, 0.5) is 0 Å². The van der Waals surface area contributed by atoms with Gasteiger partial charge in [0.1, 0.15) is 0 Å². The molecule has 15 heavy (non-hydrogen) atoms. The van der Waals surface area contributed by atoms with Gasteiger partial charge < -0.3 is 5.11 Å². The molecule has 0 radical (unpaired) electrons. The largest absolute Gasteiger partial charge is 0.481 e. The first-order chi connectivity index (χ1) is 7.09. The number of carboxylic acids is 1. The summed E-state index contributed by atoms with van der Waals surface area (Å²) in [7, 11) is 0. The lowest BCUT2D eigenvalue weighted by molar-refractivity contribution is -0.136. The van der Waals surface area contributed by atoms with Crippen LogP contribution in [0.2, 0.25) is 5.28 Å². The molecule has 2 rings (SSSR count). The van der Waals surface area contributed by atoms with Crippen molar-refractivity contribution < 1.29 is 9.90 Å². The second-order valence-corrected chi connectivity index (χ2v) is 3.61. The predicted octanol–water partition coefficient (Wildman–Crippen LogP) is 1.92. The van der Waals surface area contributed by atoms with Gasteiger partial charge in [-0.1, -0.05) is 6.07 Å². The predicted molar refractivity (Wildman–Crippen MR) is 56.3 cm³/mol. The normalized spacial score (nSPS) is 10.8. The fraction of sp³-hybridized carbons (Fsp3) is 0.200. The molecule has 0 bridgehead atoms. The average molecular weight is 225 g/mol. The Morgan fingerprint density at radius 2 is 2.33 bits per heavy atom. The van der Waals surface area contributed by atoms with Gasteiger partial charge in [-0.15, -0.1) is 0 Å². The monoisotopic (exact) mass is 224 g/mol. The topological polar surface area (TPSA) is 54.6 Å². The molecule has 5 heteroatoms. The van der Waals surface area contributed by atoms with E-state index in [2.05, 4.69) is 4.98 Å². The van der Waals surface area contributed by atoms with E-state index in [0.29, 0.717) is 11.0 Å². The fourth-order valence-corrected chi connectivity index (χ4v) is 1.92. The zero-order valence-corrected chi connectivity index (χ0v) is 8.82. The minimum atomic E-state index is -0.884. The number of pyridine rings is 1. The number of aryl methyl sites for hydroxylation is 1. The highest BCUT2D eigenvalue weighted by molar-refractivity contribution is 6.28. The first kappa shape index (κ1) is 9.98. The van der Waals surface area contributed by atoms with Crippen molar-refractivity contribution in [1.82, 2.24) is 9.38 Å². The molecule has 0 atom stereocenters. The lowest BCUT2D eigenvalue weighted by atomic mass is 10.2. The number of carboxylic acid groups (broad SMARTS) is 1. The second kappa shape index (κ2) is 3.55. The van der Waals surface area contributed by atoms with E-state index in [4.69, 9.17) is 16.7 Å². The molecule has 1 N–H and O–H groups in total. The molecule has 2 aromatic heterocycles. The van der Waals surface area contributed by atoms with Gasteiger partial charge in [0.05, 0.1) is 17.6 Å². The summed E-state index contributed by atoms with van der Waals surface area (Å²) in [6.45, 7) is 1.84. The molecule has 0 aliphatic heterocycles. The minimum absolute atomic E-state index is 0.0626. The molecule has 0 saturated carbocycles. The number of rotatable bonds is 2. The lowest BCUT2D eigenvalue weighted by Gasteiger charge is -2.03. The molecule has 2 aromatic rings. The van der Waals surface area contributed by atoms with Crippen molar-refractivity contribution in [2.24, 2.45) is 0 Å². The van der Waals surface area contributed by atoms with Crippen molar-refractivity contribution in [1.29, 1.82) is 0 Å². The Balaban J connectivity index is 2.69. The quantitative estimate of drug-likeness (QED) is 0.848. The molecule has 0 spiro atoms. The Morgan fingerprint density at radius 1 is 1.60 bits per heavy atom. The smallest absolute Gasteiger partial charge is 0.309 e. The van der Waals surface area contributed by atoms with Crippen LogP contribution in [-0.4, -0.2) is 20.5 Å². The van der Waals surface area contributed by atoms with Crippen LogP contribution in [0.5, 0.6) is 0 Å². The van der Waals surface area contributed by atoms with Crippen molar-refractivity contribution >= 4 is 23.1 Å². The van der Waals surface area contributed by atoms with Crippen molar-refractivity contribution in [3.05, 3.63) is 34.9 Å². The molecule has 0 amide bonds. The van der Waals surface area contributed by atoms with Crippen LogP contribution in [0.3, 0.4) is 0 Å². The SMILES string of the molecule is Cc1nc(Cl)n2c(CC(=O)O)cccc12. The highest BCUT2D eigenvalue weighted by Gasteiger charge is 2.11. The van der Waals surface area contributed by atoms with Crippen LogP contribution >= 0.6 is 11.6 Å². The highest BCUT2D eigenvalue weighted by Crippen LogP contribution is 2.19. The number of hydrogen-bond donors (Lipinski definition) is 1. The zero-order valence-electron chi connectivity index (χ0n) is 8.07. The minimum Gasteiger partial charge on any atom is -0.481 e. The lowest BCUT2D eigenvalue weighted by Crippen LogP contribution is -2.05. The molecular weight excluding hydrogens is 216 g/mol. The van der Waals surface area contributed by atoms with Crippen LogP contribution in [0.25, 0.3) is 5.52 Å². The van der Waals surface area contributed by atoms with Crippen molar-refractivity contribution in [2.75, 3.05) is 0 Å². The van der Waals surface area contributed by atoms with Gasteiger partial charge in [-0.25, -0.2) is 4.98 Å². The number of hydrogen-bond acceptors (Lipinski definition) is 2. The Labute approximate surface area is 91.1 Å². The van der Waals surface area contributed by atoms with Crippen LogP contribution in [0.1, 0.15) is 11.4 Å².